The number of nitrogens with one attached hydrogen (secondary N) is 2. The number of carbonyl (C=O) groups is 2. The van der Waals surface area contributed by atoms with Crippen LogP contribution in [-0.2, 0) is 11.3 Å². The molecule has 3 aromatic rings. The molecule has 0 saturated heterocycles. The smallest absolute Gasteiger partial charge is 0.253 e. The maximum absolute atomic E-state index is 12.9. The molecule has 1 heterocycles. The van der Waals surface area contributed by atoms with E-state index in [1.807, 2.05) is 18.4 Å². The van der Waals surface area contributed by atoms with Crippen molar-refractivity contribution in [2.24, 2.45) is 5.92 Å². The number of methoxy groups -OCH3 is 1. The van der Waals surface area contributed by atoms with Gasteiger partial charge in [0.25, 0.3) is 5.91 Å². The van der Waals surface area contributed by atoms with Crippen LogP contribution in [0, 0.1) is 5.92 Å². The summed E-state index contributed by atoms with van der Waals surface area (Å²) in [5.74, 6) is 0.567. The van der Waals surface area contributed by atoms with Crippen LogP contribution in [0.2, 0.25) is 10.0 Å². The van der Waals surface area contributed by atoms with Crippen molar-refractivity contribution in [3.63, 3.8) is 0 Å². The third-order valence-electron chi connectivity index (χ3n) is 5.18. The van der Waals surface area contributed by atoms with Gasteiger partial charge >= 0.3 is 0 Å². The van der Waals surface area contributed by atoms with Crippen molar-refractivity contribution in [2.45, 2.75) is 31.6 Å². The van der Waals surface area contributed by atoms with E-state index in [0.29, 0.717) is 44.6 Å². The Kier molecular flexibility index (Phi) is 9.81. The molecule has 190 valence electrons. The second-order valence-corrected chi connectivity index (χ2v) is 9.88. The van der Waals surface area contributed by atoms with E-state index in [9.17, 15) is 9.59 Å². The van der Waals surface area contributed by atoms with Crippen molar-refractivity contribution in [3.8, 4) is 5.75 Å². The van der Waals surface area contributed by atoms with E-state index in [1.54, 1.807) is 48.5 Å². The standard InChI is InChI=1S/C25H27Cl2N5O3S/c1-5-12-32-23(22(15(2)3)29-24(34)17-8-6-7-9-18(17)27)30-31-25(32)36-14-21(33)28-19-13-16(26)10-11-20(19)35-4/h5-11,13,15,22H,1,12,14H2,2-4H3,(H,28,33)(H,29,34)/t22-/m1/s1. The number of anilines is 1. The summed E-state index contributed by atoms with van der Waals surface area (Å²) in [4.78, 5) is 25.6. The molecule has 0 aliphatic rings. The summed E-state index contributed by atoms with van der Waals surface area (Å²) < 4.78 is 7.11. The lowest BCUT2D eigenvalue weighted by atomic mass is 10.0. The number of rotatable bonds is 11. The number of hydrogen-bond donors (Lipinski definition) is 2. The number of aromatic nitrogens is 3. The fourth-order valence-corrected chi connectivity index (χ4v) is 4.57. The number of halogens is 2. The van der Waals surface area contributed by atoms with E-state index in [2.05, 4.69) is 27.4 Å². The lowest BCUT2D eigenvalue weighted by molar-refractivity contribution is -0.113. The van der Waals surface area contributed by atoms with Crippen LogP contribution in [-0.4, -0.2) is 39.4 Å². The number of benzene rings is 2. The predicted octanol–water partition coefficient (Wildman–Crippen LogP) is 5.64. The molecule has 0 unspecified atom stereocenters. The first-order valence-electron chi connectivity index (χ1n) is 11.1. The normalized spacial score (nSPS) is 11.7. The van der Waals surface area contributed by atoms with E-state index in [1.165, 1.54) is 18.9 Å². The molecular formula is C25H27Cl2N5O3S. The highest BCUT2D eigenvalue weighted by atomic mass is 35.5. The van der Waals surface area contributed by atoms with Crippen LogP contribution in [0.1, 0.15) is 36.1 Å². The average molecular weight is 548 g/mol. The van der Waals surface area contributed by atoms with Crippen LogP contribution in [0.25, 0.3) is 0 Å². The van der Waals surface area contributed by atoms with Gasteiger partial charge in [0, 0.05) is 11.6 Å². The third kappa shape index (κ3) is 6.81. The Morgan fingerprint density at radius 2 is 1.94 bits per heavy atom. The Morgan fingerprint density at radius 3 is 2.61 bits per heavy atom. The van der Waals surface area contributed by atoms with Gasteiger partial charge in [0.05, 0.1) is 35.2 Å². The summed E-state index contributed by atoms with van der Waals surface area (Å²) in [6.45, 7) is 8.18. The summed E-state index contributed by atoms with van der Waals surface area (Å²) in [5.41, 5.74) is 0.855. The van der Waals surface area contributed by atoms with E-state index < -0.39 is 6.04 Å². The predicted molar refractivity (Wildman–Crippen MR) is 144 cm³/mol. The molecule has 0 aliphatic carbocycles. The Bertz CT molecular complexity index is 1250. The monoisotopic (exact) mass is 547 g/mol. The van der Waals surface area contributed by atoms with Gasteiger partial charge in [-0.15, -0.1) is 16.8 Å². The van der Waals surface area contributed by atoms with Crippen molar-refractivity contribution in [1.82, 2.24) is 20.1 Å². The molecule has 0 fully saturated rings. The minimum Gasteiger partial charge on any atom is -0.495 e. The molecule has 2 amide bonds. The van der Waals surface area contributed by atoms with Gasteiger partial charge in [-0.3, -0.25) is 9.59 Å². The molecule has 0 bridgehead atoms. The first kappa shape index (κ1) is 27.6. The molecule has 11 heteroatoms. The van der Waals surface area contributed by atoms with Gasteiger partial charge in [0.15, 0.2) is 11.0 Å². The van der Waals surface area contributed by atoms with Gasteiger partial charge in [-0.05, 0) is 36.2 Å². The van der Waals surface area contributed by atoms with E-state index in [4.69, 9.17) is 27.9 Å². The molecule has 8 nitrogen and oxygen atoms in total. The number of ether oxygens (including phenoxy) is 1. The topological polar surface area (TPSA) is 98.1 Å². The molecule has 2 N–H and O–H groups in total. The molecule has 0 aliphatic heterocycles. The van der Waals surface area contributed by atoms with E-state index >= 15 is 0 Å². The highest BCUT2D eigenvalue weighted by Gasteiger charge is 2.27. The van der Waals surface area contributed by atoms with Gasteiger partial charge in [-0.1, -0.05) is 67.0 Å². The molecule has 1 aromatic heterocycles. The van der Waals surface area contributed by atoms with Gasteiger partial charge in [-0.2, -0.15) is 0 Å². The molecule has 0 saturated carbocycles. The van der Waals surface area contributed by atoms with Crippen LogP contribution in [0.3, 0.4) is 0 Å². The Balaban J connectivity index is 1.77. The van der Waals surface area contributed by atoms with Gasteiger partial charge in [-0.25, -0.2) is 0 Å². The number of carbonyl (C=O) groups excluding carboxylic acids is 2. The highest BCUT2D eigenvalue weighted by molar-refractivity contribution is 7.99. The minimum absolute atomic E-state index is 0.000598. The number of thioether (sulfide) groups is 1. The number of hydrogen-bond acceptors (Lipinski definition) is 6. The SMILES string of the molecule is C=CCn1c(SCC(=O)Nc2cc(Cl)ccc2OC)nnc1[C@H](NC(=O)c1ccccc1Cl)C(C)C. The molecule has 3 rings (SSSR count). The molecular weight excluding hydrogens is 521 g/mol. The van der Waals surface area contributed by atoms with Crippen molar-refractivity contribution >= 4 is 52.5 Å². The second kappa shape index (κ2) is 12.8. The first-order chi connectivity index (χ1) is 17.2. The maximum Gasteiger partial charge on any atom is 0.253 e. The van der Waals surface area contributed by atoms with Crippen molar-refractivity contribution < 1.29 is 14.3 Å². The molecule has 36 heavy (non-hydrogen) atoms. The fraction of sp³-hybridized carbons (Fsp3) is 0.280. The van der Waals surface area contributed by atoms with Crippen molar-refractivity contribution in [1.29, 1.82) is 0 Å². The quantitative estimate of drug-likeness (QED) is 0.238. The number of nitrogens with zero attached hydrogens (tertiary/aromatic N) is 3. The zero-order chi connectivity index (χ0) is 26.2. The Labute approximate surface area is 224 Å². The van der Waals surface area contributed by atoms with Gasteiger partial charge < -0.3 is 19.9 Å². The molecule has 0 spiro atoms. The van der Waals surface area contributed by atoms with Crippen LogP contribution in [0.5, 0.6) is 5.75 Å². The first-order valence-corrected chi connectivity index (χ1v) is 12.8. The largest absolute Gasteiger partial charge is 0.495 e. The molecule has 2 aromatic carbocycles. The summed E-state index contributed by atoms with van der Waals surface area (Å²) in [6.07, 6.45) is 1.71. The summed E-state index contributed by atoms with van der Waals surface area (Å²) >= 11 is 13.5. The summed E-state index contributed by atoms with van der Waals surface area (Å²) in [6, 6.07) is 11.4. The van der Waals surface area contributed by atoms with Crippen LogP contribution < -0.4 is 15.4 Å². The second-order valence-electron chi connectivity index (χ2n) is 8.10. The lowest BCUT2D eigenvalue weighted by Crippen LogP contribution is -2.34. The molecule has 1 atom stereocenters. The Morgan fingerprint density at radius 1 is 1.19 bits per heavy atom. The van der Waals surface area contributed by atoms with Gasteiger partial charge in [0.1, 0.15) is 5.75 Å². The fourth-order valence-electron chi connectivity index (χ4n) is 3.43. The minimum atomic E-state index is -0.444. The number of allylic oxidation sites excluding steroid dienone is 1. The van der Waals surface area contributed by atoms with E-state index in [0.717, 1.165) is 0 Å². The summed E-state index contributed by atoms with van der Waals surface area (Å²) in [7, 11) is 1.52. The average Bonchev–Trinajstić information content (AvgIpc) is 3.23. The van der Waals surface area contributed by atoms with Crippen LogP contribution in [0.4, 0.5) is 5.69 Å². The maximum atomic E-state index is 12.9. The van der Waals surface area contributed by atoms with Crippen LogP contribution in [0.15, 0.2) is 60.3 Å². The third-order valence-corrected chi connectivity index (χ3v) is 6.71. The van der Waals surface area contributed by atoms with E-state index in [-0.39, 0.29) is 23.5 Å². The molecule has 0 radical (unpaired) electrons. The summed E-state index contributed by atoms with van der Waals surface area (Å²) in [5, 5.41) is 15.8. The van der Waals surface area contributed by atoms with Gasteiger partial charge in [0.2, 0.25) is 5.91 Å². The number of amides is 2. The zero-order valence-corrected chi connectivity index (χ0v) is 22.5. The van der Waals surface area contributed by atoms with Crippen molar-refractivity contribution in [2.75, 3.05) is 18.2 Å². The van der Waals surface area contributed by atoms with Crippen molar-refractivity contribution in [3.05, 3.63) is 76.6 Å². The Hall–Kier alpha value is -3.01. The highest BCUT2D eigenvalue weighted by Crippen LogP contribution is 2.29. The lowest BCUT2D eigenvalue weighted by Gasteiger charge is -2.23. The zero-order valence-electron chi connectivity index (χ0n) is 20.1. The van der Waals surface area contributed by atoms with Crippen LogP contribution >= 0.6 is 35.0 Å².